The molecule has 0 bridgehead atoms. The fraction of sp³-hybridized carbons (Fsp3) is 0.0952. The molecule has 0 aliphatic rings. The van der Waals surface area contributed by atoms with Crippen LogP contribution in [0.4, 0.5) is 0 Å². The predicted molar refractivity (Wildman–Crippen MR) is 109 cm³/mol. The van der Waals surface area contributed by atoms with Crippen molar-refractivity contribution in [3.8, 4) is 5.75 Å². The molecule has 0 fully saturated rings. The summed E-state index contributed by atoms with van der Waals surface area (Å²) in [7, 11) is 0. The van der Waals surface area contributed by atoms with Gasteiger partial charge in [0.25, 0.3) is 5.56 Å². The number of hydrogen-bond acceptors (Lipinski definition) is 5. The number of para-hydroxylation sites is 2. The second-order valence-corrected chi connectivity index (χ2v) is 6.96. The van der Waals surface area contributed by atoms with Crippen LogP contribution in [0.5, 0.6) is 5.75 Å². The van der Waals surface area contributed by atoms with Gasteiger partial charge in [-0.15, -0.1) is 11.3 Å². The van der Waals surface area contributed by atoms with E-state index in [0.29, 0.717) is 16.7 Å². The van der Waals surface area contributed by atoms with Crippen LogP contribution in [0.1, 0.15) is 16.3 Å². The molecule has 4 aromatic rings. The molecule has 0 saturated heterocycles. The highest BCUT2D eigenvalue weighted by Gasteiger charge is 2.11. The maximum absolute atomic E-state index is 12.9. The van der Waals surface area contributed by atoms with Gasteiger partial charge >= 0.3 is 0 Å². The van der Waals surface area contributed by atoms with Crippen molar-refractivity contribution in [2.75, 3.05) is 0 Å². The van der Waals surface area contributed by atoms with Crippen molar-refractivity contribution < 1.29 is 4.74 Å². The van der Waals surface area contributed by atoms with Crippen molar-refractivity contribution >= 4 is 28.5 Å². The lowest BCUT2D eigenvalue weighted by molar-refractivity contribution is 0.287. The van der Waals surface area contributed by atoms with Crippen LogP contribution < -0.4 is 10.3 Å². The van der Waals surface area contributed by atoms with E-state index >= 15 is 0 Å². The molecule has 2 aromatic heterocycles. The quantitative estimate of drug-likeness (QED) is 0.491. The number of fused-ring (bicyclic) bond motifs is 1. The van der Waals surface area contributed by atoms with Crippen molar-refractivity contribution in [3.63, 3.8) is 0 Å². The lowest BCUT2D eigenvalue weighted by Crippen LogP contribution is -2.23. The van der Waals surface area contributed by atoms with Gasteiger partial charge in [0.1, 0.15) is 12.4 Å². The number of aryl methyl sites for hydroxylation is 1. The third-order valence-electron chi connectivity index (χ3n) is 4.11. The van der Waals surface area contributed by atoms with Crippen LogP contribution >= 0.6 is 11.3 Å². The van der Waals surface area contributed by atoms with E-state index in [1.54, 1.807) is 23.6 Å². The van der Waals surface area contributed by atoms with Crippen LogP contribution in [0.25, 0.3) is 10.9 Å². The first-order chi connectivity index (χ1) is 13.2. The molecule has 134 valence electrons. The van der Waals surface area contributed by atoms with Gasteiger partial charge in [-0.05, 0) is 42.1 Å². The molecule has 0 saturated carbocycles. The Morgan fingerprint density at radius 3 is 2.74 bits per heavy atom. The first kappa shape index (κ1) is 17.2. The average Bonchev–Trinajstić information content (AvgIpc) is 3.20. The molecule has 0 N–H and O–H groups in total. The molecule has 2 aromatic carbocycles. The lowest BCUT2D eigenvalue weighted by atomic mass is 10.2. The van der Waals surface area contributed by atoms with Gasteiger partial charge in [0.15, 0.2) is 5.82 Å². The summed E-state index contributed by atoms with van der Waals surface area (Å²) in [6.45, 7) is 2.12. The number of ether oxygens (including phenoxy) is 1. The van der Waals surface area contributed by atoms with Crippen LogP contribution in [-0.2, 0) is 6.61 Å². The minimum Gasteiger partial charge on any atom is -0.485 e. The average molecular weight is 375 g/mol. The Labute approximate surface area is 160 Å². The van der Waals surface area contributed by atoms with Crippen LogP contribution in [0.2, 0.25) is 0 Å². The molecule has 27 heavy (non-hydrogen) atoms. The van der Waals surface area contributed by atoms with Gasteiger partial charge in [-0.1, -0.05) is 36.4 Å². The van der Waals surface area contributed by atoms with Gasteiger partial charge in [0.2, 0.25) is 0 Å². The summed E-state index contributed by atoms with van der Waals surface area (Å²) >= 11 is 1.55. The number of aromatic nitrogens is 2. The summed E-state index contributed by atoms with van der Waals surface area (Å²) in [5, 5.41) is 6.87. The third kappa shape index (κ3) is 3.66. The summed E-state index contributed by atoms with van der Waals surface area (Å²) in [4.78, 5) is 18.5. The van der Waals surface area contributed by atoms with E-state index in [4.69, 9.17) is 4.74 Å². The van der Waals surface area contributed by atoms with Crippen molar-refractivity contribution in [2.45, 2.75) is 13.5 Å². The molecular weight excluding hydrogens is 358 g/mol. The van der Waals surface area contributed by atoms with Crippen molar-refractivity contribution in [1.82, 2.24) is 9.66 Å². The molecule has 5 nitrogen and oxygen atoms in total. The Kier molecular flexibility index (Phi) is 4.80. The maximum atomic E-state index is 12.9. The Hall–Kier alpha value is -3.25. The highest BCUT2D eigenvalue weighted by molar-refractivity contribution is 7.11. The number of rotatable bonds is 5. The normalized spacial score (nSPS) is 11.3. The highest BCUT2D eigenvalue weighted by Crippen LogP contribution is 2.18. The van der Waals surface area contributed by atoms with E-state index in [-0.39, 0.29) is 12.2 Å². The summed E-state index contributed by atoms with van der Waals surface area (Å²) in [5.41, 5.74) is 1.44. The van der Waals surface area contributed by atoms with Crippen LogP contribution in [0, 0.1) is 6.92 Å². The van der Waals surface area contributed by atoms with E-state index in [2.05, 4.69) is 10.1 Å². The van der Waals surface area contributed by atoms with Gasteiger partial charge < -0.3 is 4.74 Å². The summed E-state index contributed by atoms with van der Waals surface area (Å²) in [6, 6.07) is 18.9. The van der Waals surface area contributed by atoms with Gasteiger partial charge in [0.05, 0.1) is 17.1 Å². The zero-order chi connectivity index (χ0) is 18.6. The molecule has 4 rings (SSSR count). The monoisotopic (exact) mass is 375 g/mol. The van der Waals surface area contributed by atoms with E-state index in [1.807, 2.05) is 66.9 Å². The zero-order valence-electron chi connectivity index (χ0n) is 14.7. The fourth-order valence-electron chi connectivity index (χ4n) is 2.72. The number of benzene rings is 2. The van der Waals surface area contributed by atoms with Crippen molar-refractivity contribution in [3.05, 3.63) is 92.7 Å². The molecule has 0 aliphatic carbocycles. The lowest BCUT2D eigenvalue weighted by Gasteiger charge is -2.12. The van der Waals surface area contributed by atoms with Crippen LogP contribution in [-0.4, -0.2) is 15.9 Å². The standard InChI is InChI=1S/C21H17N3O2S/c1-15-7-2-5-11-19(15)26-14-20-23-18-10-4-3-9-17(18)21(25)24(20)22-13-16-8-6-12-27-16/h2-13H,14H2,1H3/b22-13+. The van der Waals surface area contributed by atoms with E-state index in [9.17, 15) is 4.79 Å². The van der Waals surface area contributed by atoms with Crippen LogP contribution in [0.3, 0.4) is 0 Å². The van der Waals surface area contributed by atoms with E-state index in [1.165, 1.54) is 4.68 Å². The second-order valence-electron chi connectivity index (χ2n) is 5.98. The zero-order valence-corrected chi connectivity index (χ0v) is 15.5. The molecule has 0 aliphatic heterocycles. The van der Waals surface area contributed by atoms with Gasteiger partial charge in [-0.3, -0.25) is 4.79 Å². The highest BCUT2D eigenvalue weighted by atomic mass is 32.1. The Morgan fingerprint density at radius 1 is 1.11 bits per heavy atom. The van der Waals surface area contributed by atoms with E-state index < -0.39 is 0 Å². The van der Waals surface area contributed by atoms with Crippen LogP contribution in [0.15, 0.2) is 75.9 Å². The number of hydrogen-bond donors (Lipinski definition) is 0. The molecule has 0 radical (unpaired) electrons. The SMILES string of the molecule is Cc1ccccc1OCc1nc2ccccc2c(=O)n1/N=C/c1cccs1. The molecule has 2 heterocycles. The second kappa shape index (κ2) is 7.55. The number of nitrogens with zero attached hydrogens (tertiary/aromatic N) is 3. The maximum Gasteiger partial charge on any atom is 0.282 e. The molecule has 0 spiro atoms. The topological polar surface area (TPSA) is 56.5 Å². The summed E-state index contributed by atoms with van der Waals surface area (Å²) in [5.74, 6) is 1.21. The first-order valence-electron chi connectivity index (χ1n) is 8.49. The van der Waals surface area contributed by atoms with Gasteiger partial charge in [-0.25, -0.2) is 4.98 Å². The number of thiophene rings is 1. The fourth-order valence-corrected chi connectivity index (χ4v) is 3.30. The summed E-state index contributed by atoms with van der Waals surface area (Å²) < 4.78 is 7.23. The molecular formula is C21H17N3O2S. The predicted octanol–water partition coefficient (Wildman–Crippen LogP) is 4.23. The van der Waals surface area contributed by atoms with Crippen molar-refractivity contribution in [1.29, 1.82) is 0 Å². The van der Waals surface area contributed by atoms with Crippen molar-refractivity contribution in [2.24, 2.45) is 5.10 Å². The Balaban J connectivity index is 1.76. The van der Waals surface area contributed by atoms with E-state index in [0.717, 1.165) is 16.2 Å². The smallest absolute Gasteiger partial charge is 0.282 e. The Morgan fingerprint density at radius 2 is 1.93 bits per heavy atom. The van der Waals surface area contributed by atoms with Gasteiger partial charge in [0, 0.05) is 4.88 Å². The molecule has 6 heteroatoms. The third-order valence-corrected chi connectivity index (χ3v) is 4.92. The van der Waals surface area contributed by atoms with Gasteiger partial charge in [-0.2, -0.15) is 9.78 Å². The first-order valence-corrected chi connectivity index (χ1v) is 9.37. The molecule has 0 atom stereocenters. The molecule has 0 amide bonds. The largest absolute Gasteiger partial charge is 0.485 e. The Bertz CT molecular complexity index is 1160. The molecule has 0 unspecified atom stereocenters. The minimum absolute atomic E-state index is 0.146. The summed E-state index contributed by atoms with van der Waals surface area (Å²) in [6.07, 6.45) is 1.67. The minimum atomic E-state index is -0.211.